The van der Waals surface area contributed by atoms with Crippen LogP contribution in [0.1, 0.15) is 79.1 Å². The smallest absolute Gasteiger partial charge is 0.0720 e. The minimum absolute atomic E-state index is 0.316. The van der Waals surface area contributed by atoms with Gasteiger partial charge in [-0.2, -0.15) is 0 Å². The van der Waals surface area contributed by atoms with Gasteiger partial charge in [0.2, 0.25) is 0 Å². The summed E-state index contributed by atoms with van der Waals surface area (Å²) in [4.78, 5) is 0. The van der Waals surface area contributed by atoms with Crippen molar-refractivity contribution in [1.82, 2.24) is 0 Å². The maximum atomic E-state index is 9.97. The molecule has 1 fully saturated rings. The van der Waals surface area contributed by atoms with E-state index in [-0.39, 0.29) is 6.10 Å². The summed E-state index contributed by atoms with van der Waals surface area (Å²) in [7, 11) is 0. The molecule has 1 heteroatoms. The van der Waals surface area contributed by atoms with Gasteiger partial charge >= 0.3 is 0 Å². The van der Waals surface area contributed by atoms with Crippen molar-refractivity contribution in [2.45, 2.75) is 85.2 Å². The third kappa shape index (κ3) is 6.55. The molecule has 5 unspecified atom stereocenters. The molecule has 21 heavy (non-hydrogen) atoms. The SMILES string of the molecule is C=CC(O)CC(CC(C)CC)CC1CC[C@H](C)C(CC)C1. The zero-order valence-electron chi connectivity index (χ0n) is 14.9. The quantitative estimate of drug-likeness (QED) is 0.531. The minimum Gasteiger partial charge on any atom is -0.389 e. The van der Waals surface area contributed by atoms with Crippen LogP contribution in [-0.2, 0) is 0 Å². The lowest BCUT2D eigenvalue weighted by Crippen LogP contribution is -2.25. The highest BCUT2D eigenvalue weighted by Crippen LogP contribution is 2.40. The van der Waals surface area contributed by atoms with Crippen molar-refractivity contribution in [3.63, 3.8) is 0 Å². The van der Waals surface area contributed by atoms with E-state index in [1.807, 2.05) is 0 Å². The van der Waals surface area contributed by atoms with E-state index in [1.54, 1.807) is 6.08 Å². The summed E-state index contributed by atoms with van der Waals surface area (Å²) in [5.74, 6) is 4.17. The number of hydrogen-bond donors (Lipinski definition) is 1. The Balaban J connectivity index is 2.56. The van der Waals surface area contributed by atoms with E-state index in [2.05, 4.69) is 34.3 Å². The van der Waals surface area contributed by atoms with Crippen LogP contribution in [-0.4, -0.2) is 11.2 Å². The fraction of sp³-hybridized carbons (Fsp3) is 0.900. The van der Waals surface area contributed by atoms with E-state index in [1.165, 1.54) is 44.9 Å². The molecule has 0 aliphatic heterocycles. The van der Waals surface area contributed by atoms with Crippen molar-refractivity contribution in [2.24, 2.45) is 29.6 Å². The highest BCUT2D eigenvalue weighted by molar-refractivity contribution is 4.84. The first-order valence-electron chi connectivity index (χ1n) is 9.30. The highest BCUT2D eigenvalue weighted by atomic mass is 16.3. The first kappa shape index (κ1) is 18.7. The van der Waals surface area contributed by atoms with Gasteiger partial charge in [-0.15, -0.1) is 6.58 Å². The zero-order valence-corrected chi connectivity index (χ0v) is 14.9. The molecule has 0 spiro atoms. The fourth-order valence-electron chi connectivity index (χ4n) is 4.23. The lowest BCUT2D eigenvalue weighted by Gasteiger charge is -2.36. The molecule has 1 aliphatic carbocycles. The van der Waals surface area contributed by atoms with Crippen LogP contribution in [0.2, 0.25) is 0 Å². The molecule has 0 aromatic carbocycles. The van der Waals surface area contributed by atoms with Crippen LogP contribution < -0.4 is 0 Å². The predicted octanol–water partition coefficient (Wildman–Crippen LogP) is 5.83. The molecular formula is C20H38O. The summed E-state index contributed by atoms with van der Waals surface area (Å²) in [6.07, 6.45) is 11.7. The topological polar surface area (TPSA) is 20.2 Å². The van der Waals surface area contributed by atoms with E-state index < -0.39 is 0 Å². The van der Waals surface area contributed by atoms with Gasteiger partial charge in [0.25, 0.3) is 0 Å². The highest BCUT2D eigenvalue weighted by Gasteiger charge is 2.28. The fourth-order valence-corrected chi connectivity index (χ4v) is 4.23. The maximum absolute atomic E-state index is 9.97. The van der Waals surface area contributed by atoms with Crippen LogP contribution in [0.15, 0.2) is 12.7 Å². The monoisotopic (exact) mass is 294 g/mol. The van der Waals surface area contributed by atoms with Crippen molar-refractivity contribution in [2.75, 3.05) is 0 Å². The van der Waals surface area contributed by atoms with Gasteiger partial charge in [-0.05, 0) is 55.3 Å². The summed E-state index contributed by atoms with van der Waals surface area (Å²) in [6.45, 7) is 13.2. The van der Waals surface area contributed by atoms with Crippen LogP contribution >= 0.6 is 0 Å². The van der Waals surface area contributed by atoms with Crippen molar-refractivity contribution in [3.05, 3.63) is 12.7 Å². The zero-order chi connectivity index (χ0) is 15.8. The summed E-state index contributed by atoms with van der Waals surface area (Å²) >= 11 is 0. The molecule has 0 amide bonds. The van der Waals surface area contributed by atoms with Crippen molar-refractivity contribution in [1.29, 1.82) is 0 Å². The summed E-state index contributed by atoms with van der Waals surface area (Å²) in [5.41, 5.74) is 0. The van der Waals surface area contributed by atoms with E-state index >= 15 is 0 Å². The average molecular weight is 295 g/mol. The Morgan fingerprint density at radius 2 is 1.95 bits per heavy atom. The van der Waals surface area contributed by atoms with Gasteiger partial charge in [0, 0.05) is 0 Å². The summed E-state index contributed by atoms with van der Waals surface area (Å²) < 4.78 is 0. The van der Waals surface area contributed by atoms with Gasteiger partial charge in [0.15, 0.2) is 0 Å². The molecular weight excluding hydrogens is 256 g/mol. The van der Waals surface area contributed by atoms with Crippen molar-refractivity contribution < 1.29 is 5.11 Å². The van der Waals surface area contributed by atoms with Gasteiger partial charge in [-0.1, -0.05) is 59.5 Å². The molecule has 0 aromatic heterocycles. The number of aliphatic hydroxyl groups is 1. The molecule has 0 saturated heterocycles. The Morgan fingerprint density at radius 3 is 2.52 bits per heavy atom. The molecule has 1 nitrogen and oxygen atoms in total. The molecule has 0 heterocycles. The first-order chi connectivity index (χ1) is 9.99. The lowest BCUT2D eigenvalue weighted by atomic mass is 9.70. The molecule has 1 saturated carbocycles. The summed E-state index contributed by atoms with van der Waals surface area (Å²) in [6, 6.07) is 0. The Morgan fingerprint density at radius 1 is 1.24 bits per heavy atom. The molecule has 124 valence electrons. The Labute approximate surface area is 133 Å². The molecule has 1 rings (SSSR count). The van der Waals surface area contributed by atoms with Crippen LogP contribution in [0.4, 0.5) is 0 Å². The van der Waals surface area contributed by atoms with Crippen molar-refractivity contribution in [3.8, 4) is 0 Å². The molecule has 6 atom stereocenters. The lowest BCUT2D eigenvalue weighted by molar-refractivity contribution is 0.130. The number of aliphatic hydroxyl groups excluding tert-OH is 1. The maximum Gasteiger partial charge on any atom is 0.0720 e. The van der Waals surface area contributed by atoms with Crippen LogP contribution in [0, 0.1) is 29.6 Å². The van der Waals surface area contributed by atoms with Gasteiger partial charge < -0.3 is 5.11 Å². The second-order valence-electron chi connectivity index (χ2n) is 7.71. The molecule has 1 N–H and O–H groups in total. The third-order valence-corrected chi connectivity index (χ3v) is 5.94. The second kappa shape index (κ2) is 9.66. The molecule has 0 radical (unpaired) electrons. The normalized spacial score (nSPS) is 30.6. The first-order valence-corrected chi connectivity index (χ1v) is 9.30. The van der Waals surface area contributed by atoms with Crippen LogP contribution in [0.25, 0.3) is 0 Å². The Hall–Kier alpha value is -0.300. The van der Waals surface area contributed by atoms with Crippen LogP contribution in [0.3, 0.4) is 0 Å². The standard InChI is InChI=1S/C20H38O/c1-6-15(4)11-18(14-20(21)8-3)12-17-10-9-16(5)19(7-2)13-17/h8,15-21H,3,6-7,9-14H2,1-2,4-5H3/t15?,16-,17?,18?,19?,20?/m0/s1. The van der Waals surface area contributed by atoms with Crippen molar-refractivity contribution >= 4 is 0 Å². The average Bonchev–Trinajstić information content (AvgIpc) is 2.48. The van der Waals surface area contributed by atoms with E-state index in [4.69, 9.17) is 0 Å². The largest absolute Gasteiger partial charge is 0.389 e. The Bertz CT molecular complexity index is 286. The number of hydrogen-bond acceptors (Lipinski definition) is 1. The minimum atomic E-state index is -0.316. The van der Waals surface area contributed by atoms with Gasteiger partial charge in [-0.25, -0.2) is 0 Å². The van der Waals surface area contributed by atoms with E-state index in [9.17, 15) is 5.11 Å². The summed E-state index contributed by atoms with van der Waals surface area (Å²) in [5, 5.41) is 9.97. The molecule has 0 aromatic rings. The van der Waals surface area contributed by atoms with E-state index in [0.717, 1.165) is 30.1 Å². The Kier molecular flexibility index (Phi) is 8.63. The third-order valence-electron chi connectivity index (χ3n) is 5.94. The molecule has 0 bridgehead atoms. The van der Waals surface area contributed by atoms with Gasteiger partial charge in [0.1, 0.15) is 0 Å². The van der Waals surface area contributed by atoms with E-state index in [0.29, 0.717) is 5.92 Å². The van der Waals surface area contributed by atoms with Crippen LogP contribution in [0.5, 0.6) is 0 Å². The predicted molar refractivity (Wildman–Crippen MR) is 93.3 cm³/mol. The second-order valence-corrected chi connectivity index (χ2v) is 7.71. The number of rotatable bonds is 9. The van der Waals surface area contributed by atoms with Gasteiger partial charge in [0.05, 0.1) is 6.10 Å². The van der Waals surface area contributed by atoms with Gasteiger partial charge in [-0.3, -0.25) is 0 Å². The molecule has 1 aliphatic rings.